The molecule has 0 aliphatic heterocycles. The van der Waals surface area contributed by atoms with Crippen molar-refractivity contribution in [2.45, 2.75) is 58.9 Å². The Morgan fingerprint density at radius 3 is 2.23 bits per heavy atom. The summed E-state index contributed by atoms with van der Waals surface area (Å²) in [6.45, 7) is 13.8. The molecule has 2 aromatic rings. The Hall–Kier alpha value is -1.29. The van der Waals surface area contributed by atoms with Crippen LogP contribution in [0, 0.1) is 0 Å². The van der Waals surface area contributed by atoms with Crippen molar-refractivity contribution >= 4 is 23.2 Å². The summed E-state index contributed by atoms with van der Waals surface area (Å²) < 4.78 is 0. The van der Waals surface area contributed by atoms with Gasteiger partial charge in [0.05, 0.1) is 5.02 Å². The fourth-order valence-corrected chi connectivity index (χ4v) is 3.18. The lowest BCUT2D eigenvalue weighted by molar-refractivity contribution is 0.427. The van der Waals surface area contributed by atoms with Gasteiger partial charge in [0, 0.05) is 22.9 Å². The third-order valence-electron chi connectivity index (χ3n) is 4.19. The quantitative estimate of drug-likeness (QED) is 0.625. The minimum absolute atomic E-state index is 0.0524. The van der Waals surface area contributed by atoms with Crippen molar-refractivity contribution in [3.63, 3.8) is 0 Å². The predicted molar refractivity (Wildman–Crippen MR) is 112 cm³/mol. The highest BCUT2D eigenvalue weighted by Crippen LogP contribution is 2.38. The Morgan fingerprint density at radius 1 is 1.04 bits per heavy atom. The van der Waals surface area contributed by atoms with Gasteiger partial charge in [0.15, 0.2) is 0 Å². The van der Waals surface area contributed by atoms with Gasteiger partial charge < -0.3 is 10.4 Å². The lowest BCUT2D eigenvalue weighted by Crippen LogP contribution is -2.37. The molecule has 26 heavy (non-hydrogen) atoms. The second-order valence-electron chi connectivity index (χ2n) is 8.70. The number of pyridine rings is 1. The number of phenols is 1. The van der Waals surface area contributed by atoms with Crippen molar-refractivity contribution in [1.82, 2.24) is 10.3 Å². The van der Waals surface area contributed by atoms with Crippen LogP contribution >= 0.6 is 23.2 Å². The molecule has 0 saturated carbocycles. The number of nitrogens with one attached hydrogen (secondary N) is 1. The van der Waals surface area contributed by atoms with Crippen LogP contribution in [0.5, 0.6) is 5.75 Å². The first kappa shape index (κ1) is 21.0. The number of aromatic hydroxyl groups is 1. The van der Waals surface area contributed by atoms with Gasteiger partial charge in [-0.25, -0.2) is 4.98 Å². The van der Waals surface area contributed by atoms with Crippen LogP contribution in [0.1, 0.15) is 52.7 Å². The van der Waals surface area contributed by atoms with Crippen LogP contribution in [0.15, 0.2) is 24.4 Å². The van der Waals surface area contributed by atoms with E-state index in [0.29, 0.717) is 10.6 Å². The minimum Gasteiger partial charge on any atom is -0.507 e. The highest BCUT2D eigenvalue weighted by Gasteiger charge is 2.21. The second-order valence-corrected chi connectivity index (χ2v) is 9.47. The molecule has 142 valence electrons. The number of halogens is 2. The normalized spacial score (nSPS) is 12.5. The molecule has 0 aliphatic rings. The molecule has 0 atom stereocenters. The molecule has 2 rings (SSSR count). The Balaban J connectivity index is 2.45. The molecule has 2 N–H and O–H groups in total. The third kappa shape index (κ3) is 5.35. The van der Waals surface area contributed by atoms with Gasteiger partial charge in [-0.2, -0.15) is 0 Å². The summed E-state index contributed by atoms with van der Waals surface area (Å²) >= 11 is 12.0. The van der Waals surface area contributed by atoms with Crippen LogP contribution in [-0.4, -0.2) is 22.2 Å². The Morgan fingerprint density at radius 2 is 1.69 bits per heavy atom. The Kier molecular flexibility index (Phi) is 6.27. The minimum atomic E-state index is -0.0524. The fourth-order valence-electron chi connectivity index (χ4n) is 2.91. The molecule has 0 fully saturated rings. The molecule has 0 spiro atoms. The molecule has 0 aliphatic carbocycles. The largest absolute Gasteiger partial charge is 0.507 e. The van der Waals surface area contributed by atoms with E-state index in [4.69, 9.17) is 23.2 Å². The zero-order valence-electron chi connectivity index (χ0n) is 16.4. The van der Waals surface area contributed by atoms with Crippen molar-refractivity contribution in [3.05, 3.63) is 45.7 Å². The average Bonchev–Trinajstić information content (AvgIpc) is 2.48. The first-order valence-electron chi connectivity index (χ1n) is 8.81. The highest BCUT2D eigenvalue weighted by molar-refractivity contribution is 6.41. The predicted octanol–water partition coefficient (Wildman–Crippen LogP) is 5.99. The lowest BCUT2D eigenvalue weighted by atomic mass is 9.81. The summed E-state index contributed by atoms with van der Waals surface area (Å²) in [5, 5.41) is 14.8. The number of rotatable bonds is 4. The molecular formula is C21H28Cl2N2O. The van der Waals surface area contributed by atoms with Gasteiger partial charge in [-0.05, 0) is 68.5 Å². The van der Waals surface area contributed by atoms with E-state index in [1.807, 2.05) is 12.1 Å². The lowest BCUT2D eigenvalue weighted by Gasteiger charge is -2.26. The first-order chi connectivity index (χ1) is 11.9. The summed E-state index contributed by atoms with van der Waals surface area (Å²) in [4.78, 5) is 4.10. The maximum atomic E-state index is 10.6. The van der Waals surface area contributed by atoms with Crippen molar-refractivity contribution < 1.29 is 5.11 Å². The number of aromatic nitrogens is 1. The first-order valence-corrected chi connectivity index (χ1v) is 9.57. The SMILES string of the molecule is CC(C)(C)NCCc1cc(O)c(-c2cnc(Cl)c(Cl)c2)cc1C(C)(C)C. The van der Waals surface area contributed by atoms with Gasteiger partial charge in [0.25, 0.3) is 0 Å². The van der Waals surface area contributed by atoms with E-state index in [1.165, 1.54) is 5.56 Å². The molecule has 1 aromatic carbocycles. The number of benzene rings is 1. The molecule has 0 saturated heterocycles. The van der Waals surface area contributed by atoms with E-state index in [1.54, 1.807) is 12.3 Å². The number of nitrogens with zero attached hydrogens (tertiary/aromatic N) is 1. The number of hydrogen-bond acceptors (Lipinski definition) is 3. The van der Waals surface area contributed by atoms with Crippen LogP contribution in [0.25, 0.3) is 11.1 Å². The van der Waals surface area contributed by atoms with Crippen molar-refractivity contribution in [3.8, 4) is 16.9 Å². The molecule has 5 heteroatoms. The van der Waals surface area contributed by atoms with Crippen LogP contribution in [0.2, 0.25) is 10.2 Å². The molecule has 0 radical (unpaired) electrons. The zero-order chi connectivity index (χ0) is 19.7. The van der Waals surface area contributed by atoms with Crippen LogP contribution in [0.4, 0.5) is 0 Å². The van der Waals surface area contributed by atoms with Gasteiger partial charge in [0.2, 0.25) is 0 Å². The van der Waals surface area contributed by atoms with Gasteiger partial charge >= 0.3 is 0 Å². The molecular weight excluding hydrogens is 367 g/mol. The Labute approximate surface area is 166 Å². The van der Waals surface area contributed by atoms with Gasteiger partial charge in [-0.15, -0.1) is 0 Å². The van der Waals surface area contributed by atoms with E-state index in [-0.39, 0.29) is 21.9 Å². The van der Waals surface area contributed by atoms with Crippen molar-refractivity contribution in [2.75, 3.05) is 6.54 Å². The molecule has 0 unspecified atom stereocenters. The standard InChI is InChI=1S/C21H28Cl2N2O/c1-20(2,3)16-11-15(14-9-17(22)19(23)24-12-14)18(26)10-13(16)7-8-25-21(4,5)6/h9-12,25-26H,7-8H2,1-6H3. The fraction of sp³-hybridized carbons (Fsp3) is 0.476. The summed E-state index contributed by atoms with van der Waals surface area (Å²) in [6, 6.07) is 5.64. The number of hydrogen-bond donors (Lipinski definition) is 2. The molecule has 0 bridgehead atoms. The zero-order valence-corrected chi connectivity index (χ0v) is 17.9. The summed E-state index contributed by atoms with van der Waals surface area (Å²) in [5.41, 5.74) is 3.82. The summed E-state index contributed by atoms with van der Waals surface area (Å²) in [6.07, 6.45) is 2.48. The highest BCUT2D eigenvalue weighted by atomic mass is 35.5. The summed E-state index contributed by atoms with van der Waals surface area (Å²) in [5.74, 6) is 0.226. The molecule has 1 heterocycles. The van der Waals surface area contributed by atoms with E-state index >= 15 is 0 Å². The van der Waals surface area contributed by atoms with Gasteiger partial charge in [-0.1, -0.05) is 44.0 Å². The topological polar surface area (TPSA) is 45.1 Å². The number of phenolic OH excluding ortho intramolecular Hbond substituents is 1. The maximum absolute atomic E-state index is 10.6. The van der Waals surface area contributed by atoms with E-state index in [2.05, 4.69) is 51.8 Å². The van der Waals surface area contributed by atoms with Crippen LogP contribution in [0.3, 0.4) is 0 Å². The van der Waals surface area contributed by atoms with Crippen LogP contribution < -0.4 is 5.32 Å². The van der Waals surface area contributed by atoms with E-state index in [0.717, 1.165) is 24.1 Å². The van der Waals surface area contributed by atoms with Crippen LogP contribution in [-0.2, 0) is 11.8 Å². The second kappa shape index (κ2) is 7.75. The average molecular weight is 395 g/mol. The Bertz CT molecular complexity index is 790. The monoisotopic (exact) mass is 394 g/mol. The molecule has 1 aromatic heterocycles. The maximum Gasteiger partial charge on any atom is 0.147 e. The van der Waals surface area contributed by atoms with Crippen molar-refractivity contribution in [1.29, 1.82) is 0 Å². The molecule has 3 nitrogen and oxygen atoms in total. The summed E-state index contributed by atoms with van der Waals surface area (Å²) in [7, 11) is 0. The van der Waals surface area contributed by atoms with Gasteiger partial charge in [0.1, 0.15) is 10.9 Å². The van der Waals surface area contributed by atoms with Gasteiger partial charge in [-0.3, -0.25) is 0 Å². The van der Waals surface area contributed by atoms with E-state index in [9.17, 15) is 5.11 Å². The third-order valence-corrected chi connectivity index (χ3v) is 4.87. The van der Waals surface area contributed by atoms with Crippen molar-refractivity contribution in [2.24, 2.45) is 0 Å². The smallest absolute Gasteiger partial charge is 0.147 e. The van der Waals surface area contributed by atoms with E-state index < -0.39 is 0 Å². The molecule has 0 amide bonds.